The third-order valence-electron chi connectivity index (χ3n) is 2.62. The Morgan fingerprint density at radius 1 is 1.43 bits per heavy atom. The van der Waals surface area contributed by atoms with Crippen LogP contribution in [0.5, 0.6) is 5.75 Å². The van der Waals surface area contributed by atoms with E-state index >= 15 is 0 Å². The second kappa shape index (κ2) is 5.67. The maximum atomic E-state index is 11.8. The van der Waals surface area contributed by atoms with Crippen molar-refractivity contribution < 1.29 is 9.53 Å². The highest BCUT2D eigenvalue weighted by Gasteiger charge is 2.13. The number of carbonyl (C=O) groups excluding carboxylic acids is 1. The van der Waals surface area contributed by atoms with Gasteiger partial charge in [0.05, 0.1) is 13.3 Å². The minimum atomic E-state index is -0.392. The summed E-state index contributed by atoms with van der Waals surface area (Å²) in [5, 5.41) is 12.6. The highest BCUT2D eigenvalue weighted by atomic mass is 32.1. The number of hydrogen-bond donors (Lipinski definition) is 2. The fourth-order valence-corrected chi connectivity index (χ4v) is 2.21. The number of benzene rings is 1. The van der Waals surface area contributed by atoms with Crippen molar-refractivity contribution in [2.45, 2.75) is 0 Å². The van der Waals surface area contributed by atoms with Gasteiger partial charge in [0.1, 0.15) is 5.75 Å². The Labute approximate surface area is 123 Å². The van der Waals surface area contributed by atoms with Gasteiger partial charge in [-0.1, -0.05) is 12.1 Å². The van der Waals surface area contributed by atoms with Gasteiger partial charge < -0.3 is 4.74 Å². The second-order valence-electron chi connectivity index (χ2n) is 3.96. The molecule has 0 aliphatic carbocycles. The summed E-state index contributed by atoms with van der Waals surface area (Å²) in [7, 11) is 1.59. The number of nitrogens with one attached hydrogen (secondary N) is 2. The van der Waals surface area contributed by atoms with Crippen molar-refractivity contribution >= 4 is 22.6 Å². The van der Waals surface area contributed by atoms with Crippen LogP contribution in [-0.2, 0) is 0 Å². The summed E-state index contributed by atoms with van der Waals surface area (Å²) in [6.07, 6.45) is 1.33. The summed E-state index contributed by atoms with van der Waals surface area (Å²) < 4.78 is 9.37. The Balaban J connectivity index is 1.78. The zero-order valence-corrected chi connectivity index (χ0v) is 11.7. The number of aromatic nitrogens is 5. The predicted molar refractivity (Wildman–Crippen MR) is 76.2 cm³/mol. The molecule has 3 rings (SSSR count). The van der Waals surface area contributed by atoms with Crippen molar-refractivity contribution in [3.63, 3.8) is 0 Å². The van der Waals surface area contributed by atoms with Gasteiger partial charge >= 0.3 is 0 Å². The van der Waals surface area contributed by atoms with Crippen LogP contribution in [0.25, 0.3) is 11.4 Å². The number of carbonyl (C=O) groups is 1. The van der Waals surface area contributed by atoms with Gasteiger partial charge in [-0.05, 0) is 12.1 Å². The molecular formula is C12H10N6O2S. The second-order valence-corrected chi connectivity index (χ2v) is 4.72. The summed E-state index contributed by atoms with van der Waals surface area (Å²) in [5.41, 5.74) is 1.00. The van der Waals surface area contributed by atoms with Gasteiger partial charge in [0.15, 0.2) is 11.5 Å². The van der Waals surface area contributed by atoms with Crippen molar-refractivity contribution in [3.8, 4) is 17.1 Å². The largest absolute Gasteiger partial charge is 0.497 e. The number of ether oxygens (including phenoxy) is 1. The number of nitrogens with zero attached hydrogens (tertiary/aromatic N) is 4. The molecule has 8 nitrogen and oxygen atoms in total. The Morgan fingerprint density at radius 3 is 3.10 bits per heavy atom. The molecule has 0 spiro atoms. The molecule has 1 amide bonds. The first-order chi connectivity index (χ1) is 10.3. The van der Waals surface area contributed by atoms with Gasteiger partial charge in [0.2, 0.25) is 5.13 Å². The quantitative estimate of drug-likeness (QED) is 0.758. The Kier molecular flexibility index (Phi) is 3.56. The molecule has 0 fully saturated rings. The van der Waals surface area contributed by atoms with Crippen molar-refractivity contribution in [3.05, 3.63) is 36.2 Å². The molecule has 21 heavy (non-hydrogen) atoms. The number of aromatic amines is 1. The van der Waals surface area contributed by atoms with Gasteiger partial charge in [-0.3, -0.25) is 10.1 Å². The molecule has 0 bridgehead atoms. The Bertz CT molecular complexity index is 755. The first-order valence-electron chi connectivity index (χ1n) is 5.91. The van der Waals surface area contributed by atoms with Crippen LogP contribution in [0.4, 0.5) is 5.13 Å². The van der Waals surface area contributed by atoms with E-state index in [1.807, 2.05) is 24.3 Å². The SMILES string of the molecule is COc1cccc(-c2nsc(NC(=O)c3cn[nH]n3)n2)c1. The monoisotopic (exact) mass is 302 g/mol. The summed E-state index contributed by atoms with van der Waals surface area (Å²) in [6, 6.07) is 7.38. The molecule has 0 saturated heterocycles. The topological polar surface area (TPSA) is 106 Å². The fraction of sp³-hybridized carbons (Fsp3) is 0.0833. The van der Waals surface area contributed by atoms with Gasteiger partial charge in [-0.15, -0.1) is 0 Å². The van der Waals surface area contributed by atoms with Crippen LogP contribution in [0.1, 0.15) is 10.5 Å². The smallest absolute Gasteiger partial charge is 0.279 e. The highest BCUT2D eigenvalue weighted by Crippen LogP contribution is 2.24. The van der Waals surface area contributed by atoms with Crippen molar-refractivity contribution in [1.82, 2.24) is 24.8 Å². The summed E-state index contributed by atoms with van der Waals surface area (Å²) >= 11 is 1.09. The van der Waals surface area contributed by atoms with Crippen LogP contribution in [0.3, 0.4) is 0 Å². The lowest BCUT2D eigenvalue weighted by atomic mass is 10.2. The molecule has 0 saturated carbocycles. The Morgan fingerprint density at radius 2 is 2.33 bits per heavy atom. The van der Waals surface area contributed by atoms with Gasteiger partial charge in [0, 0.05) is 17.1 Å². The van der Waals surface area contributed by atoms with E-state index in [0.29, 0.717) is 11.0 Å². The zero-order chi connectivity index (χ0) is 14.7. The molecule has 0 aliphatic rings. The van der Waals surface area contributed by atoms with E-state index in [4.69, 9.17) is 4.74 Å². The molecule has 2 heterocycles. The molecule has 0 atom stereocenters. The molecule has 0 radical (unpaired) electrons. The lowest BCUT2D eigenvalue weighted by Gasteiger charge is -2.00. The van der Waals surface area contributed by atoms with E-state index in [0.717, 1.165) is 22.8 Å². The van der Waals surface area contributed by atoms with E-state index in [1.165, 1.54) is 6.20 Å². The molecule has 0 aliphatic heterocycles. The minimum absolute atomic E-state index is 0.188. The van der Waals surface area contributed by atoms with Crippen molar-refractivity contribution in [1.29, 1.82) is 0 Å². The van der Waals surface area contributed by atoms with Crippen LogP contribution in [0.2, 0.25) is 0 Å². The van der Waals surface area contributed by atoms with Crippen LogP contribution in [-0.4, -0.2) is 37.8 Å². The van der Waals surface area contributed by atoms with Gasteiger partial charge in [0.25, 0.3) is 5.91 Å². The third-order valence-corrected chi connectivity index (χ3v) is 3.25. The lowest BCUT2D eigenvalue weighted by Crippen LogP contribution is -2.12. The number of rotatable bonds is 4. The summed E-state index contributed by atoms with van der Waals surface area (Å²) in [4.78, 5) is 16.1. The molecule has 2 N–H and O–H groups in total. The first kappa shape index (κ1) is 13.2. The van der Waals surface area contributed by atoms with Crippen molar-refractivity contribution in [2.24, 2.45) is 0 Å². The fourth-order valence-electron chi connectivity index (χ4n) is 1.63. The van der Waals surface area contributed by atoms with E-state index in [-0.39, 0.29) is 5.69 Å². The molecule has 0 unspecified atom stereocenters. The predicted octanol–water partition coefficient (Wildman–Crippen LogP) is 1.58. The zero-order valence-electron chi connectivity index (χ0n) is 10.9. The van der Waals surface area contributed by atoms with Gasteiger partial charge in [-0.2, -0.15) is 24.8 Å². The van der Waals surface area contributed by atoms with Crippen LogP contribution < -0.4 is 10.1 Å². The van der Waals surface area contributed by atoms with Crippen molar-refractivity contribution in [2.75, 3.05) is 12.4 Å². The average Bonchev–Trinajstić information content (AvgIpc) is 3.18. The van der Waals surface area contributed by atoms with E-state index in [9.17, 15) is 4.79 Å². The molecule has 9 heteroatoms. The molecule has 1 aromatic carbocycles. The standard InChI is InChI=1S/C12H10N6O2S/c1-20-8-4-2-3-7(5-8)10-14-12(21-17-10)15-11(19)9-6-13-18-16-9/h2-6H,1H3,(H,13,16,18)(H,14,15,17,19). The highest BCUT2D eigenvalue weighted by molar-refractivity contribution is 7.10. The summed E-state index contributed by atoms with van der Waals surface area (Å²) in [5.74, 6) is 0.849. The number of amides is 1. The molecular weight excluding hydrogens is 292 g/mol. The van der Waals surface area contributed by atoms with Gasteiger partial charge in [-0.25, -0.2) is 0 Å². The lowest BCUT2D eigenvalue weighted by molar-refractivity contribution is 0.102. The number of anilines is 1. The van der Waals surface area contributed by atoms with Crippen LogP contribution in [0.15, 0.2) is 30.5 Å². The maximum Gasteiger partial charge on any atom is 0.279 e. The van der Waals surface area contributed by atoms with Crippen LogP contribution >= 0.6 is 11.5 Å². The van der Waals surface area contributed by atoms with Crippen LogP contribution in [0, 0.1) is 0 Å². The molecule has 106 valence electrons. The third kappa shape index (κ3) is 2.87. The number of methoxy groups -OCH3 is 1. The number of H-pyrrole nitrogens is 1. The maximum absolute atomic E-state index is 11.8. The summed E-state index contributed by atoms with van der Waals surface area (Å²) in [6.45, 7) is 0. The first-order valence-corrected chi connectivity index (χ1v) is 6.69. The molecule has 3 aromatic rings. The van der Waals surface area contributed by atoms with E-state index in [1.54, 1.807) is 7.11 Å². The normalized spacial score (nSPS) is 10.3. The Hall–Kier alpha value is -2.81. The number of hydrogen-bond acceptors (Lipinski definition) is 7. The van der Waals surface area contributed by atoms with E-state index < -0.39 is 5.91 Å². The average molecular weight is 302 g/mol. The minimum Gasteiger partial charge on any atom is -0.497 e. The van der Waals surface area contributed by atoms with E-state index in [2.05, 4.69) is 30.1 Å². The molecule has 2 aromatic heterocycles.